The molecule has 1 aliphatic heterocycles. The molecule has 0 amide bonds. The van der Waals surface area contributed by atoms with Crippen LogP contribution >= 0.6 is 11.6 Å². The van der Waals surface area contributed by atoms with Gasteiger partial charge >= 0.3 is 0 Å². The zero-order valence-electron chi connectivity index (χ0n) is 11.6. The minimum atomic E-state index is -0.0315. The van der Waals surface area contributed by atoms with Crippen molar-refractivity contribution in [1.29, 1.82) is 0 Å². The molecule has 1 aliphatic rings. The normalized spacial score (nSPS) is 22.4. The molecule has 19 heavy (non-hydrogen) atoms. The molecule has 0 radical (unpaired) electrons. The van der Waals surface area contributed by atoms with E-state index in [0.29, 0.717) is 5.92 Å². The maximum atomic E-state index is 6.24. The smallest absolute Gasteiger partial charge is 0.0985 e. The molecule has 1 heterocycles. The molecule has 3 atom stereocenters. The standard InChI is InChI=1S/C15H22ClNO2/c1-11(17-9-12-7-8-19-10-12)15(18-2)13-5-3-4-6-14(13)16/h3-6,11-12,15,17H,7-10H2,1-2H3/t11-,12-,15+/m1/s1. The molecule has 0 aliphatic carbocycles. The van der Waals surface area contributed by atoms with Gasteiger partial charge in [0.1, 0.15) is 0 Å². The highest BCUT2D eigenvalue weighted by Crippen LogP contribution is 2.27. The summed E-state index contributed by atoms with van der Waals surface area (Å²) < 4.78 is 11.0. The molecule has 0 spiro atoms. The second kappa shape index (κ2) is 7.25. The zero-order valence-corrected chi connectivity index (χ0v) is 12.3. The summed E-state index contributed by atoms with van der Waals surface area (Å²) in [5, 5.41) is 4.29. The van der Waals surface area contributed by atoms with E-state index in [4.69, 9.17) is 21.1 Å². The highest BCUT2D eigenvalue weighted by atomic mass is 35.5. The summed E-state index contributed by atoms with van der Waals surface area (Å²) in [7, 11) is 1.73. The number of hydrogen-bond donors (Lipinski definition) is 1. The van der Waals surface area contributed by atoms with Crippen molar-refractivity contribution in [2.24, 2.45) is 5.92 Å². The number of hydrogen-bond acceptors (Lipinski definition) is 3. The summed E-state index contributed by atoms with van der Waals surface area (Å²) in [4.78, 5) is 0. The Balaban J connectivity index is 1.94. The number of methoxy groups -OCH3 is 1. The maximum Gasteiger partial charge on any atom is 0.0985 e. The molecular weight excluding hydrogens is 262 g/mol. The van der Waals surface area contributed by atoms with Crippen molar-refractivity contribution in [3.63, 3.8) is 0 Å². The summed E-state index contributed by atoms with van der Waals surface area (Å²) in [5.74, 6) is 0.617. The minimum absolute atomic E-state index is 0.0315. The molecule has 3 nitrogen and oxygen atoms in total. The van der Waals surface area contributed by atoms with E-state index in [0.717, 1.165) is 36.8 Å². The molecule has 2 rings (SSSR count). The quantitative estimate of drug-likeness (QED) is 0.870. The second-order valence-corrected chi connectivity index (χ2v) is 5.51. The lowest BCUT2D eigenvalue weighted by Crippen LogP contribution is -2.36. The fraction of sp³-hybridized carbons (Fsp3) is 0.600. The molecule has 0 unspecified atom stereocenters. The van der Waals surface area contributed by atoms with Crippen LogP contribution in [0.1, 0.15) is 25.0 Å². The van der Waals surface area contributed by atoms with Gasteiger partial charge in [-0.1, -0.05) is 29.8 Å². The van der Waals surface area contributed by atoms with Crippen molar-refractivity contribution in [2.75, 3.05) is 26.9 Å². The summed E-state index contributed by atoms with van der Waals surface area (Å²) in [6.45, 7) is 4.85. The van der Waals surface area contributed by atoms with Crippen LogP contribution in [0, 0.1) is 5.92 Å². The van der Waals surface area contributed by atoms with Crippen LogP contribution in [0.25, 0.3) is 0 Å². The Morgan fingerprint density at radius 3 is 2.89 bits per heavy atom. The first-order valence-electron chi connectivity index (χ1n) is 6.80. The van der Waals surface area contributed by atoms with Crippen LogP contribution in [0.5, 0.6) is 0 Å². The third kappa shape index (κ3) is 3.93. The fourth-order valence-electron chi connectivity index (χ4n) is 2.51. The molecule has 1 aromatic carbocycles. The van der Waals surface area contributed by atoms with Gasteiger partial charge < -0.3 is 14.8 Å². The molecule has 0 saturated carbocycles. The van der Waals surface area contributed by atoms with Crippen LogP contribution in [0.15, 0.2) is 24.3 Å². The number of nitrogens with one attached hydrogen (secondary N) is 1. The SMILES string of the molecule is CO[C@H](c1ccccc1Cl)[C@@H](C)NC[C@H]1CCOC1. The first kappa shape index (κ1) is 14.8. The third-order valence-corrected chi connectivity index (χ3v) is 4.02. The number of ether oxygens (including phenoxy) is 2. The van der Waals surface area contributed by atoms with Gasteiger partial charge in [-0.2, -0.15) is 0 Å². The van der Waals surface area contributed by atoms with Gasteiger partial charge in [-0.3, -0.25) is 0 Å². The second-order valence-electron chi connectivity index (χ2n) is 5.10. The maximum absolute atomic E-state index is 6.24. The molecular formula is C15H22ClNO2. The highest BCUT2D eigenvalue weighted by Gasteiger charge is 2.23. The van der Waals surface area contributed by atoms with E-state index in [1.165, 1.54) is 0 Å². The van der Waals surface area contributed by atoms with Crippen LogP contribution in [0.4, 0.5) is 0 Å². The van der Waals surface area contributed by atoms with Crippen molar-refractivity contribution in [1.82, 2.24) is 5.32 Å². The molecule has 0 bridgehead atoms. The van der Waals surface area contributed by atoms with Crippen molar-refractivity contribution in [3.8, 4) is 0 Å². The monoisotopic (exact) mass is 283 g/mol. The van der Waals surface area contributed by atoms with Crippen molar-refractivity contribution in [2.45, 2.75) is 25.5 Å². The van der Waals surface area contributed by atoms with E-state index in [1.54, 1.807) is 7.11 Å². The van der Waals surface area contributed by atoms with Gasteiger partial charge in [0, 0.05) is 36.9 Å². The Labute approximate surface area is 120 Å². The lowest BCUT2D eigenvalue weighted by molar-refractivity contribution is 0.0717. The van der Waals surface area contributed by atoms with Crippen LogP contribution in [-0.4, -0.2) is 32.9 Å². The average molecular weight is 284 g/mol. The molecule has 4 heteroatoms. The van der Waals surface area contributed by atoms with Gasteiger partial charge in [0.05, 0.1) is 12.7 Å². The lowest BCUT2D eigenvalue weighted by Gasteiger charge is -2.26. The van der Waals surface area contributed by atoms with E-state index in [2.05, 4.69) is 12.2 Å². The Morgan fingerprint density at radius 1 is 1.47 bits per heavy atom. The van der Waals surface area contributed by atoms with Gasteiger partial charge in [-0.05, 0) is 25.3 Å². The van der Waals surface area contributed by atoms with Gasteiger partial charge in [0.25, 0.3) is 0 Å². The van der Waals surface area contributed by atoms with E-state index in [1.807, 2.05) is 24.3 Å². The van der Waals surface area contributed by atoms with E-state index in [9.17, 15) is 0 Å². The molecule has 106 valence electrons. The first-order chi connectivity index (χ1) is 9.22. The van der Waals surface area contributed by atoms with Gasteiger partial charge in [-0.25, -0.2) is 0 Å². The Hall–Kier alpha value is -0.610. The average Bonchev–Trinajstić information content (AvgIpc) is 2.92. The number of rotatable bonds is 6. The van der Waals surface area contributed by atoms with Gasteiger partial charge in [0.15, 0.2) is 0 Å². The summed E-state index contributed by atoms with van der Waals surface area (Å²) >= 11 is 6.24. The highest BCUT2D eigenvalue weighted by molar-refractivity contribution is 6.31. The van der Waals surface area contributed by atoms with Crippen LogP contribution in [0.3, 0.4) is 0 Å². The number of halogens is 1. The van der Waals surface area contributed by atoms with E-state index < -0.39 is 0 Å². The van der Waals surface area contributed by atoms with E-state index in [-0.39, 0.29) is 12.1 Å². The van der Waals surface area contributed by atoms with Crippen LogP contribution in [0.2, 0.25) is 5.02 Å². The summed E-state index contributed by atoms with van der Waals surface area (Å²) in [6, 6.07) is 8.07. The van der Waals surface area contributed by atoms with Crippen LogP contribution < -0.4 is 5.32 Å². The summed E-state index contributed by atoms with van der Waals surface area (Å²) in [6.07, 6.45) is 1.11. The van der Waals surface area contributed by atoms with Crippen molar-refractivity contribution < 1.29 is 9.47 Å². The molecule has 1 fully saturated rings. The van der Waals surface area contributed by atoms with Crippen molar-refractivity contribution >= 4 is 11.6 Å². The first-order valence-corrected chi connectivity index (χ1v) is 7.18. The predicted molar refractivity (Wildman–Crippen MR) is 77.6 cm³/mol. The Bertz CT molecular complexity index is 393. The Kier molecular flexibility index (Phi) is 5.64. The minimum Gasteiger partial charge on any atom is -0.381 e. The van der Waals surface area contributed by atoms with Gasteiger partial charge in [-0.15, -0.1) is 0 Å². The fourth-order valence-corrected chi connectivity index (χ4v) is 2.75. The molecule has 1 aromatic rings. The predicted octanol–water partition coefficient (Wildman–Crippen LogP) is 3.04. The van der Waals surface area contributed by atoms with Crippen LogP contribution in [-0.2, 0) is 9.47 Å². The van der Waals surface area contributed by atoms with Gasteiger partial charge in [0.2, 0.25) is 0 Å². The summed E-state index contributed by atoms with van der Waals surface area (Å²) in [5.41, 5.74) is 1.04. The molecule has 0 aromatic heterocycles. The lowest BCUT2D eigenvalue weighted by atomic mass is 10.0. The molecule has 1 N–H and O–H groups in total. The van der Waals surface area contributed by atoms with E-state index >= 15 is 0 Å². The zero-order chi connectivity index (χ0) is 13.7. The molecule has 1 saturated heterocycles. The van der Waals surface area contributed by atoms with Crippen molar-refractivity contribution in [3.05, 3.63) is 34.9 Å². The number of benzene rings is 1. The largest absolute Gasteiger partial charge is 0.381 e. The Morgan fingerprint density at radius 2 is 2.26 bits per heavy atom. The topological polar surface area (TPSA) is 30.5 Å². The third-order valence-electron chi connectivity index (χ3n) is 3.67.